The molecule has 0 unspecified atom stereocenters. The van der Waals surface area contributed by atoms with E-state index >= 15 is 0 Å². The van der Waals surface area contributed by atoms with Crippen molar-refractivity contribution in [3.05, 3.63) is 47.9 Å². The minimum absolute atomic E-state index is 0.0177. The number of halogens is 3. The summed E-state index contributed by atoms with van der Waals surface area (Å²) < 4.78 is 53.8. The highest BCUT2D eigenvalue weighted by Crippen LogP contribution is 2.36. The number of nitrogens with one attached hydrogen (secondary N) is 1. The Morgan fingerprint density at radius 1 is 1.13 bits per heavy atom. The first kappa shape index (κ1) is 33.9. The van der Waals surface area contributed by atoms with Gasteiger partial charge in [0.2, 0.25) is 5.91 Å². The van der Waals surface area contributed by atoms with Crippen LogP contribution in [0.15, 0.2) is 36.5 Å². The number of aromatic nitrogens is 3. The van der Waals surface area contributed by atoms with E-state index in [2.05, 4.69) is 29.9 Å². The third kappa shape index (κ3) is 8.45. The first-order chi connectivity index (χ1) is 21.8. The molecule has 1 saturated carbocycles. The van der Waals surface area contributed by atoms with Crippen LogP contribution in [-0.2, 0) is 15.7 Å². The summed E-state index contributed by atoms with van der Waals surface area (Å²) in [5.74, 6) is -0.268. The maximum atomic E-state index is 13.3. The number of ether oxygens (including phenoxy) is 2. The van der Waals surface area contributed by atoms with E-state index in [0.29, 0.717) is 30.9 Å². The van der Waals surface area contributed by atoms with Crippen molar-refractivity contribution >= 4 is 36.5 Å². The lowest BCUT2D eigenvalue weighted by molar-refractivity contribution is -0.141. The van der Waals surface area contributed by atoms with Gasteiger partial charge in [-0.2, -0.15) is 18.3 Å². The fourth-order valence-corrected chi connectivity index (χ4v) is 6.60. The van der Waals surface area contributed by atoms with E-state index in [1.807, 2.05) is 10.9 Å². The van der Waals surface area contributed by atoms with Crippen LogP contribution in [0.3, 0.4) is 0 Å². The fourth-order valence-electron chi connectivity index (χ4n) is 5.84. The molecule has 5 rings (SSSR count). The van der Waals surface area contributed by atoms with Gasteiger partial charge in [-0.05, 0) is 62.3 Å². The lowest BCUT2D eigenvalue weighted by atomic mass is 9.87. The molecule has 14 heteroatoms. The maximum absolute atomic E-state index is 13.3. The smallest absolute Gasteiger partial charge is 0.433 e. The predicted molar refractivity (Wildman–Crippen MR) is 169 cm³/mol. The highest BCUT2D eigenvalue weighted by Gasteiger charge is 2.34. The number of benzene rings is 1. The van der Waals surface area contributed by atoms with Crippen molar-refractivity contribution in [2.24, 2.45) is 5.92 Å². The molecule has 250 valence electrons. The number of carbonyl (C=O) groups is 2. The number of alkyl halides is 3. The Bertz CT molecular complexity index is 1530. The van der Waals surface area contributed by atoms with Crippen LogP contribution in [0.1, 0.15) is 60.7 Å². The van der Waals surface area contributed by atoms with Crippen molar-refractivity contribution in [3.8, 4) is 5.75 Å². The zero-order valence-electron chi connectivity index (χ0n) is 26.5. The molecule has 1 saturated heterocycles. The fraction of sp³-hybridized carbons (Fsp3) is 0.562. The Kier molecular flexibility index (Phi) is 10.4. The molecule has 3 heterocycles. The van der Waals surface area contributed by atoms with Crippen LogP contribution in [0.25, 0.3) is 10.9 Å². The van der Waals surface area contributed by atoms with Crippen molar-refractivity contribution in [2.75, 3.05) is 31.9 Å². The Labute approximate surface area is 267 Å². The molecule has 2 aliphatic rings. The van der Waals surface area contributed by atoms with Crippen LogP contribution in [-0.4, -0.2) is 77.3 Å². The average Bonchev–Trinajstić information content (AvgIpc) is 3.59. The van der Waals surface area contributed by atoms with Gasteiger partial charge in [-0.25, -0.2) is 4.98 Å². The molecule has 0 bridgehead atoms. The molecular weight excluding hydrogens is 619 g/mol. The van der Waals surface area contributed by atoms with Gasteiger partial charge in [0.1, 0.15) is 30.5 Å². The number of aliphatic hydroxyl groups excluding tert-OH is 1. The van der Waals surface area contributed by atoms with Crippen molar-refractivity contribution in [1.82, 2.24) is 19.7 Å². The third-order valence-electron chi connectivity index (χ3n) is 8.70. The quantitative estimate of drug-likeness (QED) is 0.178. The van der Waals surface area contributed by atoms with Crippen molar-refractivity contribution in [1.29, 1.82) is 0 Å². The summed E-state index contributed by atoms with van der Waals surface area (Å²) in [5, 5.41) is 17.7. The van der Waals surface area contributed by atoms with E-state index in [4.69, 9.17) is 14.6 Å². The Morgan fingerprint density at radius 2 is 1.89 bits per heavy atom. The molecule has 2 amide bonds. The number of pyridine rings is 1. The number of amides is 2. The van der Waals surface area contributed by atoms with Crippen LogP contribution < -0.4 is 10.1 Å². The van der Waals surface area contributed by atoms with Crippen molar-refractivity contribution in [2.45, 2.75) is 82.5 Å². The zero-order chi connectivity index (χ0) is 33.1. The zero-order valence-corrected chi connectivity index (χ0v) is 27.5. The number of likely N-dealkylation sites (tertiary alicyclic amines) is 1. The molecular formula is C32H42F3N5O5Si. The molecule has 1 aliphatic carbocycles. The Morgan fingerprint density at radius 3 is 2.59 bits per heavy atom. The van der Waals surface area contributed by atoms with Gasteiger partial charge in [-0.15, -0.1) is 0 Å². The number of fused-ring (bicyclic) bond motifs is 1. The molecule has 2 aromatic heterocycles. The number of rotatable bonds is 12. The minimum atomic E-state index is -4.70. The summed E-state index contributed by atoms with van der Waals surface area (Å²) >= 11 is 0. The van der Waals surface area contributed by atoms with Gasteiger partial charge in [-0.1, -0.05) is 25.7 Å². The van der Waals surface area contributed by atoms with Crippen LogP contribution >= 0.6 is 0 Å². The van der Waals surface area contributed by atoms with E-state index in [9.17, 15) is 27.9 Å². The van der Waals surface area contributed by atoms with Gasteiger partial charge in [-0.3, -0.25) is 14.3 Å². The van der Waals surface area contributed by atoms with E-state index < -0.39 is 25.9 Å². The van der Waals surface area contributed by atoms with Gasteiger partial charge < -0.3 is 24.8 Å². The molecule has 2 fully saturated rings. The molecule has 1 aliphatic heterocycles. The van der Waals surface area contributed by atoms with E-state index in [-0.39, 0.29) is 55.1 Å². The van der Waals surface area contributed by atoms with Crippen LogP contribution in [0.5, 0.6) is 5.75 Å². The predicted octanol–water partition coefficient (Wildman–Crippen LogP) is 6.11. The molecule has 46 heavy (non-hydrogen) atoms. The number of anilines is 1. The van der Waals surface area contributed by atoms with E-state index in [1.165, 1.54) is 6.07 Å². The SMILES string of the molecule is C[Si](C)(C)CCOCN1C(=O)CC[C@@H]1COc1cc2nn([C@H]3CC[C@H](CO)CC3)cc2cc1NC(=O)c1cccc(C(F)(F)F)n1. The normalized spacial score (nSPS) is 20.8. The molecule has 0 radical (unpaired) electrons. The number of carbonyl (C=O) groups excluding carboxylic acids is 2. The van der Waals surface area contributed by atoms with E-state index in [0.717, 1.165) is 49.2 Å². The summed E-state index contributed by atoms with van der Waals surface area (Å²) in [5.41, 5.74) is -0.673. The number of nitrogens with zero attached hydrogens (tertiary/aromatic N) is 4. The summed E-state index contributed by atoms with van der Waals surface area (Å²) in [7, 11) is -1.29. The molecule has 10 nitrogen and oxygen atoms in total. The van der Waals surface area contributed by atoms with E-state index in [1.54, 1.807) is 17.0 Å². The summed E-state index contributed by atoms with van der Waals surface area (Å²) in [6.45, 7) is 7.83. The van der Waals surface area contributed by atoms with Gasteiger partial charge in [0.05, 0.1) is 23.3 Å². The largest absolute Gasteiger partial charge is 0.489 e. The Balaban J connectivity index is 1.37. The molecule has 1 atom stereocenters. The Hall–Kier alpha value is -3.49. The highest BCUT2D eigenvalue weighted by atomic mass is 28.3. The molecule has 2 N–H and O–H groups in total. The lowest BCUT2D eigenvalue weighted by Crippen LogP contribution is -2.39. The standard InChI is InChI=1S/C32H42F3N5O5Si/c1-46(2,3)14-13-44-20-39-24(11-12-30(39)42)19-45-28-16-26-22(17-40(38-26)23-9-7-21(18-41)8-10-23)15-27(28)37-31(43)25-5-4-6-29(36-25)32(33,34)35/h4-6,15-17,21,23-24,41H,7-14,18-20H2,1-3H3,(H,37,43)/t21-,23-,24-/m1/s1. The second-order valence-corrected chi connectivity index (χ2v) is 19.1. The lowest BCUT2D eigenvalue weighted by Gasteiger charge is -2.27. The molecule has 0 spiro atoms. The van der Waals surface area contributed by atoms with Crippen molar-refractivity contribution < 1.29 is 37.3 Å². The minimum Gasteiger partial charge on any atom is -0.489 e. The second-order valence-electron chi connectivity index (χ2n) is 13.4. The van der Waals surface area contributed by atoms with Crippen LogP contribution in [0, 0.1) is 5.92 Å². The first-order valence-corrected chi connectivity index (χ1v) is 19.5. The summed E-state index contributed by atoms with van der Waals surface area (Å²) in [4.78, 5) is 31.0. The maximum Gasteiger partial charge on any atom is 0.433 e. The van der Waals surface area contributed by atoms with Gasteiger partial charge in [0.25, 0.3) is 5.91 Å². The van der Waals surface area contributed by atoms with Crippen LogP contribution in [0.2, 0.25) is 25.7 Å². The highest BCUT2D eigenvalue weighted by molar-refractivity contribution is 6.76. The van der Waals surface area contributed by atoms with Gasteiger partial charge >= 0.3 is 6.18 Å². The average molecular weight is 662 g/mol. The molecule has 3 aromatic rings. The second kappa shape index (κ2) is 14.1. The van der Waals surface area contributed by atoms with Gasteiger partial charge in [0.15, 0.2) is 0 Å². The molecule has 1 aromatic carbocycles. The van der Waals surface area contributed by atoms with Crippen molar-refractivity contribution in [3.63, 3.8) is 0 Å². The monoisotopic (exact) mass is 661 g/mol. The van der Waals surface area contributed by atoms with Gasteiger partial charge in [0, 0.05) is 45.4 Å². The third-order valence-corrected chi connectivity index (χ3v) is 10.4. The summed E-state index contributed by atoms with van der Waals surface area (Å²) in [6.07, 6.45) is 1.69. The summed E-state index contributed by atoms with van der Waals surface area (Å²) in [6, 6.07) is 7.45. The number of aliphatic hydroxyl groups is 1. The number of hydrogen-bond donors (Lipinski definition) is 2. The van der Waals surface area contributed by atoms with Crippen LogP contribution in [0.4, 0.5) is 18.9 Å². The number of hydrogen-bond acceptors (Lipinski definition) is 7. The topological polar surface area (TPSA) is 119 Å². The first-order valence-electron chi connectivity index (χ1n) is 15.8.